The lowest BCUT2D eigenvalue weighted by Gasteiger charge is -2.28. The lowest BCUT2D eigenvalue weighted by Crippen LogP contribution is -2.38. The first kappa shape index (κ1) is 12.3. The van der Waals surface area contributed by atoms with Crippen LogP contribution in [-0.2, 0) is 9.53 Å². The number of nitriles is 1. The first-order chi connectivity index (χ1) is 7.26. The van der Waals surface area contributed by atoms with Crippen LogP contribution >= 0.6 is 11.8 Å². The van der Waals surface area contributed by atoms with E-state index in [1.54, 1.807) is 18.7 Å². The molecule has 5 heteroatoms. The van der Waals surface area contributed by atoms with Gasteiger partial charge in [-0.2, -0.15) is 5.26 Å². The molecule has 84 valence electrons. The summed E-state index contributed by atoms with van der Waals surface area (Å²) < 4.78 is 4.85. The molecule has 0 saturated carbocycles. The van der Waals surface area contributed by atoms with Crippen molar-refractivity contribution in [3.63, 3.8) is 0 Å². The molecule has 0 aromatic heterocycles. The molecule has 1 fully saturated rings. The number of esters is 1. The molecule has 15 heavy (non-hydrogen) atoms. The van der Waals surface area contributed by atoms with Gasteiger partial charge in [-0.1, -0.05) is 0 Å². The van der Waals surface area contributed by atoms with Crippen molar-refractivity contribution in [2.45, 2.75) is 18.6 Å². The average Bonchev–Trinajstić information content (AvgIpc) is 2.27. The van der Waals surface area contributed by atoms with Crippen LogP contribution in [0.5, 0.6) is 0 Å². The highest BCUT2D eigenvalue weighted by molar-refractivity contribution is 8.00. The molecule has 1 aliphatic heterocycles. The van der Waals surface area contributed by atoms with E-state index in [0.717, 1.165) is 18.8 Å². The molecule has 0 aromatic rings. The normalized spacial score (nSPS) is 22.0. The molecule has 1 unspecified atom stereocenters. The molecule has 0 amide bonds. The Morgan fingerprint density at radius 2 is 2.53 bits per heavy atom. The second kappa shape index (κ2) is 6.70. The van der Waals surface area contributed by atoms with Crippen molar-refractivity contribution in [1.82, 2.24) is 4.90 Å². The second-order valence-electron chi connectivity index (χ2n) is 3.34. The Morgan fingerprint density at radius 3 is 3.20 bits per heavy atom. The summed E-state index contributed by atoms with van der Waals surface area (Å²) in [5.74, 6) is 0.824. The Morgan fingerprint density at radius 1 is 1.73 bits per heavy atom. The summed E-state index contributed by atoms with van der Waals surface area (Å²) >= 11 is 1.69. The van der Waals surface area contributed by atoms with Gasteiger partial charge in [0.15, 0.2) is 0 Å². The summed E-state index contributed by atoms with van der Waals surface area (Å²) in [6, 6.07) is 2.25. The van der Waals surface area contributed by atoms with Crippen LogP contribution in [0.4, 0.5) is 0 Å². The molecule has 0 bridgehead atoms. The number of nitrogens with zero attached hydrogens (tertiary/aromatic N) is 2. The van der Waals surface area contributed by atoms with Crippen LogP contribution in [0.1, 0.15) is 13.3 Å². The Kier molecular flexibility index (Phi) is 5.51. The highest BCUT2D eigenvalue weighted by Gasteiger charge is 2.20. The number of hydrogen-bond acceptors (Lipinski definition) is 5. The van der Waals surface area contributed by atoms with Crippen molar-refractivity contribution < 1.29 is 9.53 Å². The molecule has 0 radical (unpaired) electrons. The number of carbonyl (C=O) groups is 1. The van der Waals surface area contributed by atoms with Crippen molar-refractivity contribution in [1.29, 1.82) is 5.26 Å². The van der Waals surface area contributed by atoms with Gasteiger partial charge in [0, 0.05) is 25.4 Å². The van der Waals surface area contributed by atoms with Crippen molar-refractivity contribution in [2.75, 3.05) is 32.0 Å². The summed E-state index contributed by atoms with van der Waals surface area (Å²) in [5.41, 5.74) is 0. The summed E-state index contributed by atoms with van der Waals surface area (Å²) in [6.07, 6.45) is 0.427. The SMILES string of the molecule is CCOC(=O)CCN1CCSC(C#N)C1. The van der Waals surface area contributed by atoms with Crippen molar-refractivity contribution in [3.05, 3.63) is 0 Å². The smallest absolute Gasteiger partial charge is 0.307 e. The van der Waals surface area contributed by atoms with Crippen LogP contribution in [0, 0.1) is 11.3 Å². The van der Waals surface area contributed by atoms with Gasteiger partial charge in [0.25, 0.3) is 0 Å². The number of thioether (sulfide) groups is 1. The van der Waals surface area contributed by atoms with Gasteiger partial charge in [-0.25, -0.2) is 0 Å². The third kappa shape index (κ3) is 4.54. The van der Waals surface area contributed by atoms with E-state index in [9.17, 15) is 4.79 Å². The highest BCUT2D eigenvalue weighted by atomic mass is 32.2. The highest BCUT2D eigenvalue weighted by Crippen LogP contribution is 2.17. The predicted molar refractivity (Wildman–Crippen MR) is 59.5 cm³/mol. The van der Waals surface area contributed by atoms with E-state index in [1.165, 1.54) is 0 Å². The molecular weight excluding hydrogens is 212 g/mol. The van der Waals surface area contributed by atoms with Crippen LogP contribution < -0.4 is 0 Å². The van der Waals surface area contributed by atoms with Crippen LogP contribution in [0.2, 0.25) is 0 Å². The molecule has 1 saturated heterocycles. The minimum atomic E-state index is -0.149. The van der Waals surface area contributed by atoms with Crippen LogP contribution in [0.25, 0.3) is 0 Å². The van der Waals surface area contributed by atoms with Gasteiger partial charge in [-0.05, 0) is 6.92 Å². The van der Waals surface area contributed by atoms with Gasteiger partial charge in [-0.3, -0.25) is 9.69 Å². The summed E-state index contributed by atoms with van der Waals surface area (Å²) in [4.78, 5) is 13.3. The van der Waals surface area contributed by atoms with E-state index >= 15 is 0 Å². The average molecular weight is 228 g/mol. The molecule has 0 aromatic carbocycles. The van der Waals surface area contributed by atoms with E-state index in [-0.39, 0.29) is 11.2 Å². The first-order valence-electron chi connectivity index (χ1n) is 5.15. The zero-order valence-corrected chi connectivity index (χ0v) is 9.76. The lowest BCUT2D eigenvalue weighted by atomic mass is 10.3. The summed E-state index contributed by atoms with van der Waals surface area (Å²) in [7, 11) is 0. The largest absolute Gasteiger partial charge is 0.466 e. The Balaban J connectivity index is 2.21. The topological polar surface area (TPSA) is 53.3 Å². The molecule has 1 atom stereocenters. The summed E-state index contributed by atoms with van der Waals surface area (Å²) in [6.45, 7) is 4.68. The Hall–Kier alpha value is -0.730. The quantitative estimate of drug-likeness (QED) is 0.669. The zero-order chi connectivity index (χ0) is 11.1. The molecule has 4 nitrogen and oxygen atoms in total. The maximum absolute atomic E-state index is 11.1. The number of ether oxygens (including phenoxy) is 1. The van der Waals surface area contributed by atoms with E-state index in [2.05, 4.69) is 11.0 Å². The Labute approximate surface area is 94.6 Å². The molecule has 1 rings (SSSR count). The number of hydrogen-bond donors (Lipinski definition) is 0. The molecule has 0 N–H and O–H groups in total. The zero-order valence-electron chi connectivity index (χ0n) is 8.94. The fraction of sp³-hybridized carbons (Fsp3) is 0.800. The van der Waals surface area contributed by atoms with Gasteiger partial charge >= 0.3 is 5.97 Å². The molecule has 0 spiro atoms. The standard InChI is InChI=1S/C10H16N2O2S/c1-2-14-10(13)3-4-12-5-6-15-9(7-11)8-12/h9H,2-6,8H2,1H3. The molecule has 1 aliphatic rings. The number of carbonyl (C=O) groups excluding carboxylic acids is 1. The van der Waals surface area contributed by atoms with E-state index < -0.39 is 0 Å². The van der Waals surface area contributed by atoms with Crippen LogP contribution in [-0.4, -0.2) is 48.1 Å². The Bertz CT molecular complexity index is 252. The van der Waals surface area contributed by atoms with Gasteiger partial charge in [0.05, 0.1) is 19.1 Å². The van der Waals surface area contributed by atoms with E-state index in [4.69, 9.17) is 10.00 Å². The molecule has 0 aliphatic carbocycles. The monoisotopic (exact) mass is 228 g/mol. The van der Waals surface area contributed by atoms with E-state index in [0.29, 0.717) is 19.6 Å². The van der Waals surface area contributed by atoms with Crippen molar-refractivity contribution >= 4 is 17.7 Å². The maximum Gasteiger partial charge on any atom is 0.307 e. The van der Waals surface area contributed by atoms with E-state index in [1.807, 2.05) is 0 Å². The minimum Gasteiger partial charge on any atom is -0.466 e. The van der Waals surface area contributed by atoms with Gasteiger partial charge < -0.3 is 4.74 Å². The van der Waals surface area contributed by atoms with Gasteiger partial charge in [-0.15, -0.1) is 11.8 Å². The minimum absolute atomic E-state index is 0.0564. The lowest BCUT2D eigenvalue weighted by molar-refractivity contribution is -0.143. The molecular formula is C10H16N2O2S. The van der Waals surface area contributed by atoms with Crippen molar-refractivity contribution in [3.8, 4) is 6.07 Å². The molecule has 1 heterocycles. The van der Waals surface area contributed by atoms with Crippen molar-refractivity contribution in [2.24, 2.45) is 0 Å². The number of rotatable bonds is 4. The third-order valence-electron chi connectivity index (χ3n) is 2.23. The van der Waals surface area contributed by atoms with Gasteiger partial charge in [0.1, 0.15) is 5.25 Å². The van der Waals surface area contributed by atoms with Crippen LogP contribution in [0.3, 0.4) is 0 Å². The third-order valence-corrected chi connectivity index (χ3v) is 3.31. The first-order valence-corrected chi connectivity index (χ1v) is 6.20. The fourth-order valence-electron chi connectivity index (χ4n) is 1.47. The fourth-order valence-corrected chi connectivity index (χ4v) is 2.51. The van der Waals surface area contributed by atoms with Gasteiger partial charge in [0.2, 0.25) is 0 Å². The maximum atomic E-state index is 11.1. The summed E-state index contributed by atoms with van der Waals surface area (Å²) in [5, 5.41) is 8.84. The van der Waals surface area contributed by atoms with Crippen LogP contribution in [0.15, 0.2) is 0 Å². The second-order valence-corrected chi connectivity index (χ2v) is 4.65. The predicted octanol–water partition coefficient (Wildman–Crippen LogP) is 0.881.